The van der Waals surface area contributed by atoms with Crippen LogP contribution in [-0.2, 0) is 4.79 Å². The van der Waals surface area contributed by atoms with Crippen LogP contribution >= 0.6 is 11.3 Å². The summed E-state index contributed by atoms with van der Waals surface area (Å²) in [6.45, 7) is 0.771. The molecule has 28 heavy (non-hydrogen) atoms. The van der Waals surface area contributed by atoms with Crippen LogP contribution in [0.1, 0.15) is 42.7 Å². The quantitative estimate of drug-likeness (QED) is 0.518. The Balaban J connectivity index is 1.42. The summed E-state index contributed by atoms with van der Waals surface area (Å²) >= 11 is 1.66. The molecular weight excluding hydrogens is 370 g/mol. The third kappa shape index (κ3) is 3.01. The van der Waals surface area contributed by atoms with Crippen LogP contribution in [0.15, 0.2) is 65.7 Å². The molecule has 142 valence electrons. The number of nitrogens with zero attached hydrogens (tertiary/aromatic N) is 5. The number of carbonyl (C=O) groups excluding carboxylic acids is 1. The van der Waals surface area contributed by atoms with Crippen molar-refractivity contribution in [2.45, 2.75) is 31.3 Å². The molecule has 0 N–H and O–H groups in total. The van der Waals surface area contributed by atoms with E-state index in [2.05, 4.69) is 31.6 Å². The van der Waals surface area contributed by atoms with Crippen molar-refractivity contribution in [2.24, 2.45) is 0 Å². The van der Waals surface area contributed by atoms with Crippen LogP contribution in [0.5, 0.6) is 0 Å². The number of likely N-dealkylation sites (tertiary alicyclic amines) is 1. The van der Waals surface area contributed by atoms with Crippen molar-refractivity contribution in [1.82, 2.24) is 24.1 Å². The normalized spacial score (nSPS) is 18.0. The molecule has 0 bridgehead atoms. The molecule has 0 radical (unpaired) electrons. The van der Waals surface area contributed by atoms with Gasteiger partial charge >= 0.3 is 0 Å². The molecule has 0 spiro atoms. The Morgan fingerprint density at radius 3 is 2.82 bits per heavy atom. The maximum atomic E-state index is 13.3. The first-order chi connectivity index (χ1) is 13.8. The Labute approximate surface area is 167 Å². The summed E-state index contributed by atoms with van der Waals surface area (Å²) in [7, 11) is 0. The highest BCUT2D eigenvalue weighted by Crippen LogP contribution is 2.34. The molecule has 5 rings (SSSR count). The fourth-order valence-corrected chi connectivity index (χ4v) is 4.83. The predicted molar refractivity (Wildman–Crippen MR) is 108 cm³/mol. The summed E-state index contributed by atoms with van der Waals surface area (Å²) in [6.07, 6.45) is 8.39. The van der Waals surface area contributed by atoms with Gasteiger partial charge in [0.05, 0.1) is 18.5 Å². The van der Waals surface area contributed by atoms with Gasteiger partial charge in [0, 0.05) is 25.1 Å². The van der Waals surface area contributed by atoms with E-state index in [0.717, 1.165) is 30.9 Å². The van der Waals surface area contributed by atoms with Gasteiger partial charge in [-0.3, -0.25) is 9.20 Å². The smallest absolute Gasteiger partial charge is 0.225 e. The second-order valence-electron chi connectivity index (χ2n) is 7.14. The Kier molecular flexibility index (Phi) is 4.44. The summed E-state index contributed by atoms with van der Waals surface area (Å²) < 4.78 is 4.12. The van der Waals surface area contributed by atoms with Crippen LogP contribution in [0.25, 0.3) is 5.65 Å². The third-order valence-electron chi connectivity index (χ3n) is 5.49. The monoisotopic (exact) mass is 391 g/mol. The number of hydrogen-bond acceptors (Lipinski definition) is 4. The topological polar surface area (TPSA) is 55.4 Å². The predicted octanol–water partition coefficient (Wildman–Crippen LogP) is 3.94. The van der Waals surface area contributed by atoms with E-state index in [1.54, 1.807) is 11.3 Å². The van der Waals surface area contributed by atoms with E-state index in [1.165, 1.54) is 5.56 Å². The van der Waals surface area contributed by atoms with Gasteiger partial charge in [0.25, 0.3) is 0 Å². The minimum Gasteiger partial charge on any atom is -0.346 e. The molecule has 2 atom stereocenters. The van der Waals surface area contributed by atoms with Gasteiger partial charge in [-0.2, -0.15) is 11.3 Å². The highest BCUT2D eigenvalue weighted by Gasteiger charge is 2.34. The van der Waals surface area contributed by atoms with E-state index in [4.69, 9.17) is 0 Å². The Morgan fingerprint density at radius 2 is 2.00 bits per heavy atom. The van der Waals surface area contributed by atoms with Gasteiger partial charge in [-0.05, 0) is 59.5 Å². The van der Waals surface area contributed by atoms with Gasteiger partial charge in [-0.15, -0.1) is 10.2 Å². The summed E-state index contributed by atoms with van der Waals surface area (Å²) in [4.78, 5) is 15.3. The van der Waals surface area contributed by atoms with Crippen molar-refractivity contribution in [3.63, 3.8) is 0 Å². The summed E-state index contributed by atoms with van der Waals surface area (Å²) in [6, 6.07) is 12.0. The summed E-state index contributed by atoms with van der Waals surface area (Å²) in [5.74, 6) is 1.02. The number of rotatable bonds is 5. The molecule has 1 saturated heterocycles. The van der Waals surface area contributed by atoms with Crippen molar-refractivity contribution >= 4 is 22.9 Å². The zero-order valence-electron chi connectivity index (χ0n) is 15.4. The van der Waals surface area contributed by atoms with Gasteiger partial charge in [-0.1, -0.05) is 6.07 Å². The molecule has 6 nitrogen and oxygen atoms in total. The minimum atomic E-state index is -0.0160. The van der Waals surface area contributed by atoms with Crippen LogP contribution in [-0.4, -0.2) is 36.5 Å². The number of aromatic nitrogens is 4. The zero-order valence-corrected chi connectivity index (χ0v) is 16.2. The number of fused-ring (bicyclic) bond motifs is 1. The molecule has 4 aromatic heterocycles. The summed E-state index contributed by atoms with van der Waals surface area (Å²) in [5, 5.41) is 12.9. The molecular formula is C21H21N5OS. The molecule has 5 heterocycles. The third-order valence-corrected chi connectivity index (χ3v) is 6.20. The van der Waals surface area contributed by atoms with Crippen molar-refractivity contribution in [2.75, 3.05) is 6.54 Å². The fraction of sp³-hybridized carbons (Fsp3) is 0.286. The van der Waals surface area contributed by atoms with E-state index in [0.29, 0.717) is 6.42 Å². The highest BCUT2D eigenvalue weighted by molar-refractivity contribution is 7.08. The lowest BCUT2D eigenvalue weighted by atomic mass is 10.1. The average molecular weight is 392 g/mol. The van der Waals surface area contributed by atoms with Gasteiger partial charge in [0.15, 0.2) is 11.5 Å². The minimum absolute atomic E-state index is 0.0160. The molecule has 0 aliphatic carbocycles. The molecule has 1 aliphatic rings. The average Bonchev–Trinajstić information content (AvgIpc) is 3.52. The molecule has 0 aromatic carbocycles. The Morgan fingerprint density at radius 1 is 1.14 bits per heavy atom. The highest BCUT2D eigenvalue weighted by atomic mass is 32.1. The van der Waals surface area contributed by atoms with Gasteiger partial charge in [0.1, 0.15) is 0 Å². The first-order valence-corrected chi connectivity index (χ1v) is 10.5. The Bertz CT molecular complexity index is 1040. The largest absolute Gasteiger partial charge is 0.346 e. The van der Waals surface area contributed by atoms with Crippen molar-refractivity contribution in [3.8, 4) is 0 Å². The fourth-order valence-electron chi connectivity index (χ4n) is 4.12. The second kappa shape index (κ2) is 7.24. The van der Waals surface area contributed by atoms with Gasteiger partial charge < -0.3 is 9.47 Å². The van der Waals surface area contributed by atoms with Gasteiger partial charge in [0.2, 0.25) is 5.91 Å². The Hall–Kier alpha value is -2.93. The second-order valence-corrected chi connectivity index (χ2v) is 7.92. The molecule has 4 aromatic rings. The van der Waals surface area contributed by atoms with Crippen LogP contribution in [0, 0.1) is 0 Å². The SMILES string of the molecule is O=C(C[C@H](c1ccsc1)n1cccc1)N1CCC[C@H]1c1nnc2ccccn12. The number of amides is 1. The number of carbonyl (C=O) groups is 1. The van der Waals surface area contributed by atoms with Crippen molar-refractivity contribution in [1.29, 1.82) is 0 Å². The first-order valence-electron chi connectivity index (χ1n) is 9.55. The van der Waals surface area contributed by atoms with Crippen molar-refractivity contribution < 1.29 is 4.79 Å². The van der Waals surface area contributed by atoms with E-state index in [9.17, 15) is 4.79 Å². The number of hydrogen-bond donors (Lipinski definition) is 0. The van der Waals surface area contributed by atoms with Crippen LogP contribution in [0.4, 0.5) is 0 Å². The van der Waals surface area contributed by atoms with E-state index >= 15 is 0 Å². The molecule has 0 saturated carbocycles. The van der Waals surface area contributed by atoms with Gasteiger partial charge in [-0.25, -0.2) is 0 Å². The van der Waals surface area contributed by atoms with E-state index in [1.807, 2.05) is 58.2 Å². The lowest BCUT2D eigenvalue weighted by Crippen LogP contribution is -2.33. The molecule has 1 aliphatic heterocycles. The maximum absolute atomic E-state index is 13.3. The molecule has 0 unspecified atom stereocenters. The van der Waals surface area contributed by atoms with E-state index < -0.39 is 0 Å². The number of pyridine rings is 1. The molecule has 1 fully saturated rings. The lowest BCUT2D eigenvalue weighted by Gasteiger charge is -2.26. The lowest BCUT2D eigenvalue weighted by molar-refractivity contribution is -0.132. The molecule has 7 heteroatoms. The number of thiophene rings is 1. The van der Waals surface area contributed by atoms with Crippen LogP contribution < -0.4 is 0 Å². The van der Waals surface area contributed by atoms with Crippen molar-refractivity contribution in [3.05, 3.63) is 77.1 Å². The van der Waals surface area contributed by atoms with E-state index in [-0.39, 0.29) is 18.0 Å². The van der Waals surface area contributed by atoms with Crippen LogP contribution in [0.2, 0.25) is 0 Å². The standard InChI is InChI=1S/C21H21N5OS/c27-20(14-18(16-8-13-28-15-16)24-9-3-4-10-24)25-12-5-6-17(25)21-23-22-19-7-1-2-11-26(19)21/h1-4,7-11,13,15,17-18H,5-6,12,14H2/t17-,18+/m0/s1. The molecule has 1 amide bonds. The van der Waals surface area contributed by atoms with Crippen LogP contribution in [0.3, 0.4) is 0 Å². The maximum Gasteiger partial charge on any atom is 0.225 e. The summed E-state index contributed by atoms with van der Waals surface area (Å²) in [5.41, 5.74) is 2.00. The first kappa shape index (κ1) is 17.2. The zero-order chi connectivity index (χ0) is 18.9.